The Morgan fingerprint density at radius 2 is 1.83 bits per heavy atom. The molecule has 0 radical (unpaired) electrons. The van der Waals surface area contributed by atoms with Crippen LogP contribution >= 0.6 is 15.9 Å². The van der Waals surface area contributed by atoms with Crippen LogP contribution in [0, 0.1) is 23.2 Å². The van der Waals surface area contributed by atoms with Crippen molar-refractivity contribution in [2.75, 3.05) is 7.11 Å². The highest BCUT2D eigenvalue weighted by Crippen LogP contribution is 2.30. The number of rotatable bonds is 2. The van der Waals surface area contributed by atoms with Crippen LogP contribution in [0.3, 0.4) is 0 Å². The van der Waals surface area contributed by atoms with E-state index in [9.17, 15) is 10.1 Å². The Kier molecular flexibility index (Phi) is 6.20. The number of carbonyl (C=O) groups excluding carboxylic acids is 1. The molecule has 3 aromatic rings. The molecule has 0 aliphatic rings. The van der Waals surface area contributed by atoms with Crippen LogP contribution in [-0.2, 0) is 11.2 Å². The van der Waals surface area contributed by atoms with Crippen LogP contribution in [-0.4, -0.2) is 23.4 Å². The first-order valence-corrected chi connectivity index (χ1v) is 10.1. The lowest BCUT2D eigenvalue weighted by Gasteiger charge is -2.20. The molecule has 0 atom stereocenters. The third-order valence-corrected chi connectivity index (χ3v) is 4.78. The molecule has 0 fully saturated rings. The Labute approximate surface area is 184 Å². The fourth-order valence-corrected chi connectivity index (χ4v) is 3.37. The van der Waals surface area contributed by atoms with Gasteiger partial charge in [0.05, 0.1) is 25.1 Å². The second-order valence-electron chi connectivity index (χ2n) is 7.62. The van der Waals surface area contributed by atoms with E-state index in [0.717, 1.165) is 21.2 Å². The lowest BCUT2D eigenvalue weighted by molar-refractivity contribution is 0.0543. The molecule has 0 unspecified atom stereocenters. The van der Waals surface area contributed by atoms with Crippen molar-refractivity contribution in [2.24, 2.45) is 0 Å². The number of carbonyl (C=O) groups is 1. The van der Waals surface area contributed by atoms with E-state index >= 15 is 0 Å². The second-order valence-corrected chi connectivity index (χ2v) is 8.53. The number of hydrogen-bond donors (Lipinski definition) is 0. The summed E-state index contributed by atoms with van der Waals surface area (Å²) in [5, 5.41) is 10.2. The van der Waals surface area contributed by atoms with Gasteiger partial charge in [0.15, 0.2) is 0 Å². The van der Waals surface area contributed by atoms with Crippen molar-refractivity contribution in [3.63, 3.8) is 0 Å². The number of hydrogen-bond acceptors (Lipinski definition) is 4. The Morgan fingerprint density at radius 1 is 1.13 bits per heavy atom. The van der Waals surface area contributed by atoms with Crippen molar-refractivity contribution in [3.8, 4) is 23.7 Å². The van der Waals surface area contributed by atoms with Crippen molar-refractivity contribution in [2.45, 2.75) is 32.8 Å². The number of benzene rings is 2. The number of halogens is 1. The summed E-state index contributed by atoms with van der Waals surface area (Å²) >= 11 is 3.46. The molecule has 0 aliphatic heterocycles. The second kappa shape index (κ2) is 8.65. The predicted molar refractivity (Wildman–Crippen MR) is 120 cm³/mol. The minimum absolute atomic E-state index is 0.126. The Balaban J connectivity index is 2.23. The quantitative estimate of drug-likeness (QED) is 0.458. The maximum absolute atomic E-state index is 13.1. The first-order valence-electron chi connectivity index (χ1n) is 9.32. The van der Waals surface area contributed by atoms with Gasteiger partial charge < -0.3 is 9.47 Å². The fourth-order valence-electron chi connectivity index (χ4n) is 3.02. The van der Waals surface area contributed by atoms with Crippen LogP contribution < -0.4 is 4.74 Å². The van der Waals surface area contributed by atoms with E-state index < -0.39 is 11.7 Å². The van der Waals surface area contributed by atoms with E-state index in [0.29, 0.717) is 16.8 Å². The van der Waals surface area contributed by atoms with E-state index in [4.69, 9.17) is 9.47 Å². The first kappa shape index (κ1) is 21.5. The SMILES string of the molecule is COc1ccc(C#Cc2c(CC#N)c3ccc(Br)cc3n2C(=O)OC(C)(C)C)cc1. The molecule has 1 heterocycles. The fraction of sp³-hybridized carbons (Fsp3) is 0.250. The molecule has 3 rings (SSSR count). The van der Waals surface area contributed by atoms with Crippen molar-refractivity contribution < 1.29 is 14.3 Å². The maximum atomic E-state index is 13.1. The number of fused-ring (bicyclic) bond motifs is 1. The van der Waals surface area contributed by atoms with Gasteiger partial charge in [-0.1, -0.05) is 27.9 Å². The zero-order valence-corrected chi connectivity index (χ0v) is 18.8. The van der Waals surface area contributed by atoms with Crippen molar-refractivity contribution in [3.05, 3.63) is 63.8 Å². The van der Waals surface area contributed by atoms with Crippen LogP contribution in [0.25, 0.3) is 10.9 Å². The minimum Gasteiger partial charge on any atom is -0.497 e. The number of aromatic nitrogens is 1. The van der Waals surface area contributed by atoms with Gasteiger partial charge in [-0.2, -0.15) is 5.26 Å². The molecule has 152 valence electrons. The zero-order valence-electron chi connectivity index (χ0n) is 17.2. The van der Waals surface area contributed by atoms with Crippen LogP contribution in [0.1, 0.15) is 37.6 Å². The molecule has 0 saturated carbocycles. The summed E-state index contributed by atoms with van der Waals surface area (Å²) in [5.74, 6) is 6.93. The lowest BCUT2D eigenvalue weighted by atomic mass is 10.1. The third kappa shape index (κ3) is 4.67. The Morgan fingerprint density at radius 3 is 2.43 bits per heavy atom. The van der Waals surface area contributed by atoms with Gasteiger partial charge in [-0.05, 0) is 63.1 Å². The number of nitrogens with zero attached hydrogens (tertiary/aromatic N) is 2. The van der Waals surface area contributed by atoms with Crippen molar-refractivity contribution in [1.29, 1.82) is 5.26 Å². The number of ether oxygens (including phenoxy) is 2. The summed E-state index contributed by atoms with van der Waals surface area (Å²) in [4.78, 5) is 13.1. The lowest BCUT2D eigenvalue weighted by Crippen LogP contribution is -2.27. The molecule has 0 bridgehead atoms. The van der Waals surface area contributed by atoms with E-state index in [-0.39, 0.29) is 6.42 Å². The molecule has 6 heteroatoms. The summed E-state index contributed by atoms with van der Waals surface area (Å²) in [7, 11) is 1.60. The molecule has 30 heavy (non-hydrogen) atoms. The molecular formula is C24H21BrN2O3. The maximum Gasteiger partial charge on any atom is 0.420 e. The van der Waals surface area contributed by atoms with Gasteiger partial charge >= 0.3 is 6.09 Å². The Hall–Kier alpha value is -3.22. The largest absolute Gasteiger partial charge is 0.497 e. The molecule has 5 nitrogen and oxygen atoms in total. The minimum atomic E-state index is -0.671. The Bertz CT molecular complexity index is 1200. The van der Waals surface area contributed by atoms with Crippen LogP contribution in [0.4, 0.5) is 4.79 Å². The van der Waals surface area contributed by atoms with Crippen molar-refractivity contribution >= 4 is 32.9 Å². The molecule has 1 aromatic heterocycles. The summed E-state index contributed by atoms with van der Waals surface area (Å²) in [6, 6.07) is 15.1. The summed E-state index contributed by atoms with van der Waals surface area (Å²) in [6.07, 6.45) is -0.408. The average Bonchev–Trinajstić information content (AvgIpc) is 2.98. The van der Waals surface area contributed by atoms with Crippen LogP contribution in [0.2, 0.25) is 0 Å². The van der Waals surface area contributed by atoms with Crippen molar-refractivity contribution in [1.82, 2.24) is 4.57 Å². The smallest absolute Gasteiger partial charge is 0.420 e. The topological polar surface area (TPSA) is 64.2 Å². The third-order valence-electron chi connectivity index (χ3n) is 4.28. The average molecular weight is 465 g/mol. The monoisotopic (exact) mass is 464 g/mol. The highest BCUT2D eigenvalue weighted by atomic mass is 79.9. The summed E-state index contributed by atoms with van der Waals surface area (Å²) in [5.41, 5.74) is 1.89. The first-order chi connectivity index (χ1) is 14.2. The molecule has 2 aromatic carbocycles. The van der Waals surface area contributed by atoms with E-state index in [2.05, 4.69) is 33.8 Å². The van der Waals surface area contributed by atoms with E-state index in [1.807, 2.05) is 63.2 Å². The number of nitriles is 1. The molecule has 0 aliphatic carbocycles. The van der Waals surface area contributed by atoms with E-state index in [1.165, 1.54) is 4.57 Å². The van der Waals surface area contributed by atoms with Crippen LogP contribution in [0.15, 0.2) is 46.9 Å². The molecule has 0 amide bonds. The molecule has 0 N–H and O–H groups in total. The summed E-state index contributed by atoms with van der Waals surface area (Å²) < 4.78 is 13.1. The molecular weight excluding hydrogens is 444 g/mol. The van der Waals surface area contributed by atoms with Gasteiger partial charge in [-0.3, -0.25) is 0 Å². The normalized spacial score (nSPS) is 10.8. The zero-order chi connectivity index (χ0) is 21.9. The highest BCUT2D eigenvalue weighted by Gasteiger charge is 2.25. The molecule has 0 spiro atoms. The van der Waals surface area contributed by atoms with Gasteiger partial charge in [0.1, 0.15) is 17.0 Å². The van der Waals surface area contributed by atoms with Gasteiger partial charge in [0, 0.05) is 21.0 Å². The standard InChI is InChI=1S/C24H21BrN2O3/c1-24(2,3)30-23(28)27-21(12-7-16-5-9-18(29-4)10-6-16)20(13-14-26)19-11-8-17(25)15-22(19)27/h5-6,8-11,15H,13H2,1-4H3. The summed E-state index contributed by atoms with van der Waals surface area (Å²) in [6.45, 7) is 5.43. The van der Waals surface area contributed by atoms with Gasteiger partial charge in [-0.15, -0.1) is 0 Å². The predicted octanol–water partition coefficient (Wildman–Crippen LogP) is 5.66. The highest BCUT2D eigenvalue weighted by molar-refractivity contribution is 9.10. The van der Waals surface area contributed by atoms with Gasteiger partial charge in [0.25, 0.3) is 0 Å². The van der Waals surface area contributed by atoms with Crippen LogP contribution in [0.5, 0.6) is 5.75 Å². The number of methoxy groups -OCH3 is 1. The molecule has 0 saturated heterocycles. The van der Waals surface area contributed by atoms with E-state index in [1.54, 1.807) is 7.11 Å². The van der Waals surface area contributed by atoms with Gasteiger partial charge in [0.2, 0.25) is 0 Å². The van der Waals surface area contributed by atoms with Gasteiger partial charge in [-0.25, -0.2) is 9.36 Å².